The van der Waals surface area contributed by atoms with E-state index in [0.29, 0.717) is 28.7 Å². The Bertz CT molecular complexity index is 648. The number of carbonyl (C=O) groups is 1. The van der Waals surface area contributed by atoms with E-state index in [-0.39, 0.29) is 12.1 Å². The van der Waals surface area contributed by atoms with Crippen molar-refractivity contribution in [2.75, 3.05) is 0 Å². The Kier molecular flexibility index (Phi) is 6.44. The first-order valence-electron chi connectivity index (χ1n) is 10.8. The van der Waals surface area contributed by atoms with Gasteiger partial charge in [-0.05, 0) is 73.8 Å². The van der Waals surface area contributed by atoms with Gasteiger partial charge in [0.2, 0.25) is 0 Å². The van der Waals surface area contributed by atoms with Crippen LogP contribution in [0.4, 0.5) is 0 Å². The maximum Gasteiger partial charge on any atom is 0.338 e. The molecule has 2 heteroatoms. The highest BCUT2D eigenvalue weighted by Gasteiger charge is 2.53. The third kappa shape index (κ3) is 4.47. The van der Waals surface area contributed by atoms with Crippen LogP contribution in [0.15, 0.2) is 42.5 Å². The Morgan fingerprint density at radius 3 is 2.63 bits per heavy atom. The molecule has 148 valence electrons. The van der Waals surface area contributed by atoms with Gasteiger partial charge in [0.1, 0.15) is 6.10 Å². The van der Waals surface area contributed by atoms with Crippen molar-refractivity contribution in [2.45, 2.75) is 72.3 Å². The molecule has 0 bridgehead atoms. The normalized spacial score (nSPS) is 31.8. The van der Waals surface area contributed by atoms with E-state index in [1.54, 1.807) is 0 Å². The molecule has 2 aliphatic rings. The monoisotopic (exact) mass is 368 g/mol. The number of carbonyl (C=O) groups excluding carboxylic acids is 1. The van der Waals surface area contributed by atoms with Gasteiger partial charge in [-0.15, -0.1) is 0 Å². The van der Waals surface area contributed by atoms with Crippen molar-refractivity contribution < 1.29 is 9.53 Å². The topological polar surface area (TPSA) is 26.3 Å². The molecule has 0 heterocycles. The number of ether oxygens (including phenoxy) is 1. The predicted molar refractivity (Wildman–Crippen MR) is 112 cm³/mol. The lowest BCUT2D eigenvalue weighted by molar-refractivity contribution is -0.0444. The van der Waals surface area contributed by atoms with Crippen molar-refractivity contribution >= 4 is 5.97 Å². The van der Waals surface area contributed by atoms with E-state index in [0.717, 1.165) is 18.8 Å². The fourth-order valence-electron chi connectivity index (χ4n) is 5.64. The summed E-state index contributed by atoms with van der Waals surface area (Å²) in [4.78, 5) is 12.6. The third-order valence-corrected chi connectivity index (χ3v) is 7.09. The summed E-state index contributed by atoms with van der Waals surface area (Å²) in [5.41, 5.74) is 0.964. The lowest BCUT2D eigenvalue weighted by Crippen LogP contribution is -2.43. The molecule has 5 atom stereocenters. The number of hydrogen-bond acceptors (Lipinski definition) is 2. The van der Waals surface area contributed by atoms with E-state index >= 15 is 0 Å². The largest absolute Gasteiger partial charge is 0.458 e. The second-order valence-electron chi connectivity index (χ2n) is 9.41. The van der Waals surface area contributed by atoms with Crippen molar-refractivity contribution in [1.82, 2.24) is 0 Å². The quantitative estimate of drug-likeness (QED) is 0.414. The summed E-state index contributed by atoms with van der Waals surface area (Å²) < 4.78 is 6.04. The van der Waals surface area contributed by atoms with Crippen molar-refractivity contribution in [2.24, 2.45) is 29.1 Å². The van der Waals surface area contributed by atoms with Gasteiger partial charge in [-0.3, -0.25) is 0 Å². The molecule has 3 rings (SSSR count). The molecule has 0 amide bonds. The van der Waals surface area contributed by atoms with Crippen LogP contribution in [-0.2, 0) is 4.74 Å². The Hall–Kier alpha value is -1.57. The van der Waals surface area contributed by atoms with Gasteiger partial charge in [-0.2, -0.15) is 0 Å². The average Bonchev–Trinajstić information content (AvgIpc) is 3.00. The molecule has 2 nitrogen and oxygen atoms in total. The van der Waals surface area contributed by atoms with Crippen LogP contribution >= 0.6 is 0 Å². The van der Waals surface area contributed by atoms with Crippen molar-refractivity contribution in [3.05, 3.63) is 48.0 Å². The second-order valence-corrected chi connectivity index (χ2v) is 9.41. The van der Waals surface area contributed by atoms with Gasteiger partial charge in [0.05, 0.1) is 5.56 Å². The maximum atomic E-state index is 12.6. The predicted octanol–water partition coefficient (Wildman–Crippen LogP) is 6.67. The molecule has 2 fully saturated rings. The zero-order valence-electron chi connectivity index (χ0n) is 17.5. The van der Waals surface area contributed by atoms with Crippen molar-refractivity contribution in [1.29, 1.82) is 0 Å². The molecule has 0 aromatic heterocycles. The molecular formula is C25H36O2. The van der Waals surface area contributed by atoms with E-state index in [4.69, 9.17) is 4.74 Å². The first kappa shape index (κ1) is 20.2. The molecule has 0 aliphatic heterocycles. The van der Waals surface area contributed by atoms with Gasteiger partial charge in [0.15, 0.2) is 0 Å². The SMILES string of the molecule is CC(C)C/C=C/[C@H](C)[C@H]1CCC2[C@@H](OC(=O)c3ccccc3)CCC[C@@]21C. The number of allylic oxidation sites excluding steroid dienone is 2. The molecule has 0 spiro atoms. The van der Waals surface area contributed by atoms with Crippen LogP contribution in [-0.4, -0.2) is 12.1 Å². The number of hydrogen-bond donors (Lipinski definition) is 0. The molecule has 2 aliphatic carbocycles. The molecule has 1 unspecified atom stereocenters. The summed E-state index contributed by atoms with van der Waals surface area (Å²) >= 11 is 0. The first-order valence-corrected chi connectivity index (χ1v) is 10.8. The Morgan fingerprint density at radius 1 is 1.19 bits per heavy atom. The molecule has 0 radical (unpaired) electrons. The highest BCUT2D eigenvalue weighted by Crippen LogP contribution is 2.58. The number of benzene rings is 1. The minimum absolute atomic E-state index is 0.0771. The van der Waals surface area contributed by atoms with Crippen LogP contribution in [0, 0.1) is 29.1 Å². The molecule has 1 aromatic carbocycles. The highest BCUT2D eigenvalue weighted by atomic mass is 16.5. The van der Waals surface area contributed by atoms with Gasteiger partial charge in [-0.25, -0.2) is 4.79 Å². The van der Waals surface area contributed by atoms with Crippen molar-refractivity contribution in [3.63, 3.8) is 0 Å². The fourth-order valence-corrected chi connectivity index (χ4v) is 5.64. The van der Waals surface area contributed by atoms with Crippen LogP contribution in [0.5, 0.6) is 0 Å². The Balaban J connectivity index is 1.68. The van der Waals surface area contributed by atoms with E-state index in [1.807, 2.05) is 30.3 Å². The molecule has 1 aromatic rings. The molecule has 0 N–H and O–H groups in total. The maximum absolute atomic E-state index is 12.6. The fraction of sp³-hybridized carbons (Fsp3) is 0.640. The van der Waals surface area contributed by atoms with E-state index < -0.39 is 0 Å². The Morgan fingerprint density at radius 2 is 1.93 bits per heavy atom. The summed E-state index contributed by atoms with van der Waals surface area (Å²) in [7, 11) is 0. The minimum Gasteiger partial charge on any atom is -0.458 e. The average molecular weight is 369 g/mol. The number of rotatable bonds is 6. The summed E-state index contributed by atoms with van der Waals surface area (Å²) in [5.74, 6) is 2.37. The van der Waals surface area contributed by atoms with Gasteiger partial charge >= 0.3 is 5.97 Å². The van der Waals surface area contributed by atoms with Crippen LogP contribution in [0.2, 0.25) is 0 Å². The highest BCUT2D eigenvalue weighted by molar-refractivity contribution is 5.89. The Labute approximate surface area is 165 Å². The summed E-state index contributed by atoms with van der Waals surface area (Å²) in [6.07, 6.45) is 12.0. The lowest BCUT2D eigenvalue weighted by Gasteiger charge is -2.45. The summed E-state index contributed by atoms with van der Waals surface area (Å²) in [6.45, 7) is 9.39. The van der Waals surface area contributed by atoms with Crippen LogP contribution in [0.1, 0.15) is 76.6 Å². The second kappa shape index (κ2) is 8.63. The number of esters is 1. The zero-order chi connectivity index (χ0) is 19.4. The van der Waals surface area contributed by atoms with Crippen LogP contribution in [0.25, 0.3) is 0 Å². The van der Waals surface area contributed by atoms with E-state index in [1.165, 1.54) is 25.7 Å². The van der Waals surface area contributed by atoms with Gasteiger partial charge in [0.25, 0.3) is 0 Å². The molecule has 0 saturated heterocycles. The van der Waals surface area contributed by atoms with Gasteiger partial charge in [0, 0.05) is 5.92 Å². The first-order chi connectivity index (χ1) is 12.9. The van der Waals surface area contributed by atoms with Gasteiger partial charge < -0.3 is 4.74 Å². The van der Waals surface area contributed by atoms with Crippen molar-refractivity contribution in [3.8, 4) is 0 Å². The van der Waals surface area contributed by atoms with Crippen LogP contribution < -0.4 is 0 Å². The standard InChI is InChI=1S/C25H36O2/c1-18(2)10-8-11-19(3)21-15-16-22-23(14-9-17-25(21,22)4)27-24(26)20-12-6-5-7-13-20/h5-8,11-13,18-19,21-23H,9-10,14-17H2,1-4H3/b11-8+/t19-,21+,22?,23-,25+/m0/s1. The van der Waals surface area contributed by atoms with E-state index in [9.17, 15) is 4.79 Å². The van der Waals surface area contributed by atoms with Crippen LogP contribution in [0.3, 0.4) is 0 Å². The molecule has 27 heavy (non-hydrogen) atoms. The smallest absolute Gasteiger partial charge is 0.338 e. The van der Waals surface area contributed by atoms with E-state index in [2.05, 4.69) is 39.8 Å². The summed E-state index contributed by atoms with van der Waals surface area (Å²) in [6, 6.07) is 9.44. The molecular weight excluding hydrogens is 332 g/mol. The zero-order valence-corrected chi connectivity index (χ0v) is 17.5. The number of fused-ring (bicyclic) bond motifs is 1. The molecule has 2 saturated carbocycles. The lowest BCUT2D eigenvalue weighted by atomic mass is 9.62. The third-order valence-electron chi connectivity index (χ3n) is 7.09. The summed E-state index contributed by atoms with van der Waals surface area (Å²) in [5, 5.41) is 0. The minimum atomic E-state index is -0.154. The van der Waals surface area contributed by atoms with Gasteiger partial charge in [-0.1, -0.05) is 58.0 Å².